The summed E-state index contributed by atoms with van der Waals surface area (Å²) in [5, 5.41) is 5.44. The van der Waals surface area contributed by atoms with Crippen LogP contribution in [0.3, 0.4) is 0 Å². The third-order valence-corrected chi connectivity index (χ3v) is 3.06. The first-order valence-corrected chi connectivity index (χ1v) is 6.44. The van der Waals surface area contributed by atoms with Gasteiger partial charge in [-0.1, -0.05) is 11.6 Å². The first-order valence-electron chi connectivity index (χ1n) is 6.06. The Bertz CT molecular complexity index is 703. The minimum atomic E-state index is -0.697. The van der Waals surface area contributed by atoms with Gasteiger partial charge in [0.2, 0.25) is 0 Å². The second-order valence-corrected chi connectivity index (χ2v) is 4.68. The van der Waals surface area contributed by atoms with Gasteiger partial charge < -0.3 is 16.4 Å². The number of aryl methyl sites for hydroxylation is 1. The maximum atomic E-state index is 12.2. The lowest BCUT2D eigenvalue weighted by Gasteiger charge is -2.10. The van der Waals surface area contributed by atoms with E-state index in [1.54, 1.807) is 37.4 Å². The van der Waals surface area contributed by atoms with E-state index in [4.69, 9.17) is 17.3 Å². The number of pyridine rings is 1. The maximum Gasteiger partial charge on any atom is 0.316 e. The smallest absolute Gasteiger partial charge is 0.316 e. The Balaban J connectivity index is 2.24. The minimum absolute atomic E-state index is 0.335. The van der Waals surface area contributed by atoms with Crippen LogP contribution < -0.4 is 16.4 Å². The van der Waals surface area contributed by atoms with Crippen LogP contribution in [0, 0.1) is 6.92 Å². The van der Waals surface area contributed by atoms with E-state index in [-0.39, 0.29) is 5.91 Å². The van der Waals surface area contributed by atoms with Crippen molar-refractivity contribution < 1.29 is 9.59 Å². The Morgan fingerprint density at radius 2 is 2.00 bits per heavy atom. The molecule has 0 spiro atoms. The molecule has 7 heteroatoms. The lowest BCUT2D eigenvalue weighted by atomic mass is 10.2. The molecular weight excluding hydrogens is 292 g/mol. The molecule has 6 nitrogen and oxygen atoms in total. The maximum absolute atomic E-state index is 12.2. The number of amides is 3. The van der Waals surface area contributed by atoms with Crippen LogP contribution in [0.15, 0.2) is 36.5 Å². The standard InChI is InChI=1S/C14H13ClN4O2/c1-8-10(3-2-6-17-8)13(20)19-12-7-9(18-14(16)21)4-5-11(12)15/h2-7H,1H3,(H,19,20)(H3,16,18,21). The molecule has 21 heavy (non-hydrogen) atoms. The van der Waals surface area contributed by atoms with Crippen LogP contribution >= 0.6 is 11.6 Å². The molecule has 108 valence electrons. The monoisotopic (exact) mass is 304 g/mol. The summed E-state index contributed by atoms with van der Waals surface area (Å²) in [6, 6.07) is 7.30. The van der Waals surface area contributed by atoms with Crippen LogP contribution in [-0.4, -0.2) is 16.9 Å². The molecule has 3 amide bonds. The Kier molecular flexibility index (Phi) is 4.39. The number of rotatable bonds is 3. The highest BCUT2D eigenvalue weighted by Gasteiger charge is 2.12. The van der Waals surface area contributed by atoms with Gasteiger partial charge >= 0.3 is 6.03 Å². The van der Waals surface area contributed by atoms with E-state index in [9.17, 15) is 9.59 Å². The highest BCUT2D eigenvalue weighted by molar-refractivity contribution is 6.34. The molecule has 0 saturated heterocycles. The molecule has 1 aromatic carbocycles. The number of benzene rings is 1. The fourth-order valence-corrected chi connectivity index (χ4v) is 1.92. The van der Waals surface area contributed by atoms with Crippen LogP contribution in [0.1, 0.15) is 16.1 Å². The number of anilines is 2. The Hall–Kier alpha value is -2.60. The highest BCUT2D eigenvalue weighted by atomic mass is 35.5. The number of carbonyl (C=O) groups excluding carboxylic acids is 2. The van der Waals surface area contributed by atoms with E-state index in [0.717, 1.165) is 0 Å². The summed E-state index contributed by atoms with van der Waals surface area (Å²) >= 11 is 6.03. The third-order valence-electron chi connectivity index (χ3n) is 2.73. The van der Waals surface area contributed by atoms with Crippen molar-refractivity contribution in [3.05, 3.63) is 52.8 Å². The van der Waals surface area contributed by atoms with Crippen LogP contribution in [0.4, 0.5) is 16.2 Å². The van der Waals surface area contributed by atoms with Crippen LogP contribution in [0.25, 0.3) is 0 Å². The molecule has 0 saturated carbocycles. The van der Waals surface area contributed by atoms with Gasteiger partial charge in [-0.25, -0.2) is 4.79 Å². The second kappa shape index (κ2) is 6.23. The van der Waals surface area contributed by atoms with Gasteiger partial charge in [0, 0.05) is 17.6 Å². The van der Waals surface area contributed by atoms with Crippen molar-refractivity contribution in [1.82, 2.24) is 4.98 Å². The minimum Gasteiger partial charge on any atom is -0.351 e. The number of primary amides is 1. The van der Waals surface area contributed by atoms with E-state index in [2.05, 4.69) is 15.6 Å². The van der Waals surface area contributed by atoms with E-state index in [0.29, 0.717) is 27.7 Å². The molecule has 1 aromatic heterocycles. The summed E-state index contributed by atoms with van der Waals surface area (Å²) in [5.74, 6) is -0.335. The number of urea groups is 1. The largest absolute Gasteiger partial charge is 0.351 e. The van der Waals surface area contributed by atoms with Gasteiger partial charge in [0.05, 0.1) is 16.3 Å². The lowest BCUT2D eigenvalue weighted by Crippen LogP contribution is -2.19. The summed E-state index contributed by atoms with van der Waals surface area (Å²) in [4.78, 5) is 27.1. The Morgan fingerprint density at radius 3 is 2.67 bits per heavy atom. The third kappa shape index (κ3) is 3.70. The average Bonchev–Trinajstić information content (AvgIpc) is 2.42. The zero-order valence-corrected chi connectivity index (χ0v) is 11.9. The van der Waals surface area contributed by atoms with Crippen molar-refractivity contribution in [1.29, 1.82) is 0 Å². The number of nitrogens with zero attached hydrogens (tertiary/aromatic N) is 1. The van der Waals surface area contributed by atoms with Crippen molar-refractivity contribution >= 4 is 34.9 Å². The van der Waals surface area contributed by atoms with Crippen LogP contribution in [-0.2, 0) is 0 Å². The molecule has 0 aliphatic rings. The summed E-state index contributed by atoms with van der Waals surface area (Å²) in [6.45, 7) is 1.74. The SMILES string of the molecule is Cc1ncccc1C(=O)Nc1cc(NC(N)=O)ccc1Cl. The second-order valence-electron chi connectivity index (χ2n) is 4.27. The predicted octanol–water partition coefficient (Wildman–Crippen LogP) is 2.79. The molecular formula is C14H13ClN4O2. The number of nitrogens with one attached hydrogen (secondary N) is 2. The lowest BCUT2D eigenvalue weighted by molar-refractivity contribution is 0.102. The van der Waals surface area contributed by atoms with Crippen molar-refractivity contribution in [2.24, 2.45) is 5.73 Å². The molecule has 0 radical (unpaired) electrons. The van der Waals surface area contributed by atoms with Gasteiger partial charge in [-0.05, 0) is 37.3 Å². The Morgan fingerprint density at radius 1 is 1.24 bits per heavy atom. The summed E-state index contributed by atoms with van der Waals surface area (Å²) < 4.78 is 0. The van der Waals surface area contributed by atoms with E-state index >= 15 is 0 Å². The number of aromatic nitrogens is 1. The number of hydrogen-bond acceptors (Lipinski definition) is 3. The number of halogens is 1. The van der Waals surface area contributed by atoms with Gasteiger partial charge in [-0.15, -0.1) is 0 Å². The van der Waals surface area contributed by atoms with Crippen molar-refractivity contribution in [2.45, 2.75) is 6.92 Å². The van der Waals surface area contributed by atoms with Crippen LogP contribution in [0.5, 0.6) is 0 Å². The first kappa shape index (κ1) is 14.8. The molecule has 2 aromatic rings. The molecule has 0 aliphatic carbocycles. The predicted molar refractivity (Wildman–Crippen MR) is 81.6 cm³/mol. The summed E-state index contributed by atoms with van der Waals surface area (Å²) in [6.07, 6.45) is 1.61. The fourth-order valence-electron chi connectivity index (χ4n) is 1.75. The van der Waals surface area contributed by atoms with Crippen molar-refractivity contribution in [3.8, 4) is 0 Å². The number of hydrogen-bond donors (Lipinski definition) is 3. The normalized spacial score (nSPS) is 10.0. The molecule has 0 atom stereocenters. The van der Waals surface area contributed by atoms with Gasteiger partial charge in [-0.3, -0.25) is 9.78 Å². The summed E-state index contributed by atoms with van der Waals surface area (Å²) in [5.41, 5.74) is 6.91. The zero-order chi connectivity index (χ0) is 15.4. The Labute approximate surface area is 126 Å². The molecule has 0 unspecified atom stereocenters. The van der Waals surface area contributed by atoms with E-state index < -0.39 is 6.03 Å². The molecule has 0 aliphatic heterocycles. The highest BCUT2D eigenvalue weighted by Crippen LogP contribution is 2.26. The molecule has 1 heterocycles. The average molecular weight is 305 g/mol. The molecule has 2 rings (SSSR count). The summed E-state index contributed by atoms with van der Waals surface area (Å²) in [7, 11) is 0. The van der Waals surface area contributed by atoms with Gasteiger partial charge in [-0.2, -0.15) is 0 Å². The van der Waals surface area contributed by atoms with Gasteiger partial charge in [0.15, 0.2) is 0 Å². The first-order chi connectivity index (χ1) is 9.97. The molecule has 0 fully saturated rings. The van der Waals surface area contributed by atoms with Crippen molar-refractivity contribution in [3.63, 3.8) is 0 Å². The molecule has 4 N–H and O–H groups in total. The van der Waals surface area contributed by atoms with Gasteiger partial charge in [0.1, 0.15) is 0 Å². The molecule has 0 bridgehead atoms. The fraction of sp³-hybridized carbons (Fsp3) is 0.0714. The van der Waals surface area contributed by atoms with Gasteiger partial charge in [0.25, 0.3) is 5.91 Å². The topological polar surface area (TPSA) is 97.1 Å². The van der Waals surface area contributed by atoms with Crippen molar-refractivity contribution in [2.75, 3.05) is 10.6 Å². The quantitative estimate of drug-likeness (QED) is 0.813. The zero-order valence-electron chi connectivity index (χ0n) is 11.2. The van der Waals surface area contributed by atoms with E-state index in [1.807, 2.05) is 0 Å². The van der Waals surface area contributed by atoms with Crippen LogP contribution in [0.2, 0.25) is 5.02 Å². The number of carbonyl (C=O) groups is 2. The number of nitrogens with two attached hydrogens (primary N) is 1. The van der Waals surface area contributed by atoms with E-state index in [1.165, 1.54) is 6.07 Å².